The first-order chi connectivity index (χ1) is 9.02. The Balaban J connectivity index is 2.41. The van der Waals surface area contributed by atoms with Crippen molar-refractivity contribution in [3.05, 3.63) is 64.5 Å². The summed E-state index contributed by atoms with van der Waals surface area (Å²) in [4.78, 5) is -0.0205. The van der Waals surface area contributed by atoms with E-state index in [1.807, 2.05) is 26.0 Å². The maximum Gasteiger partial charge on any atom is 0.123 e. The molecule has 1 nitrogen and oxygen atoms in total. The molecule has 2 aromatic rings. The summed E-state index contributed by atoms with van der Waals surface area (Å²) in [6.07, 6.45) is 0. The molecule has 2 rings (SSSR count). The molecule has 0 saturated carbocycles. The second-order valence-electron chi connectivity index (χ2n) is 4.59. The Morgan fingerprint density at radius 1 is 1.05 bits per heavy atom. The lowest BCUT2D eigenvalue weighted by Gasteiger charge is -2.15. The lowest BCUT2D eigenvalue weighted by molar-refractivity contribution is 0.411. The summed E-state index contributed by atoms with van der Waals surface area (Å²) in [7, 11) is 1.66. The minimum absolute atomic E-state index is 0.0205. The first-order valence-electron chi connectivity index (χ1n) is 6.07. The molecule has 0 amide bonds. The van der Waals surface area contributed by atoms with Crippen molar-refractivity contribution in [1.29, 1.82) is 0 Å². The van der Waals surface area contributed by atoms with Gasteiger partial charge in [0.25, 0.3) is 0 Å². The van der Waals surface area contributed by atoms with Gasteiger partial charge >= 0.3 is 0 Å². The summed E-state index contributed by atoms with van der Waals surface area (Å²) in [6.45, 7) is 3.99. The number of hydrogen-bond acceptors (Lipinski definition) is 1. The highest BCUT2D eigenvalue weighted by atomic mass is 79.9. The van der Waals surface area contributed by atoms with Gasteiger partial charge in [0.1, 0.15) is 11.6 Å². The number of alkyl halides is 1. The molecule has 0 aliphatic carbocycles. The van der Waals surface area contributed by atoms with Crippen molar-refractivity contribution < 1.29 is 9.13 Å². The van der Waals surface area contributed by atoms with Crippen molar-refractivity contribution in [2.75, 3.05) is 7.11 Å². The minimum atomic E-state index is -0.213. The molecular formula is C16H16BrFO. The third-order valence-corrected chi connectivity index (χ3v) is 4.25. The van der Waals surface area contributed by atoms with Crippen LogP contribution in [0.1, 0.15) is 27.1 Å². The maximum atomic E-state index is 13.4. The summed E-state index contributed by atoms with van der Waals surface area (Å²) in [6, 6.07) is 10.9. The van der Waals surface area contributed by atoms with Gasteiger partial charge in [0.05, 0.1) is 11.9 Å². The van der Waals surface area contributed by atoms with Crippen LogP contribution in [0, 0.1) is 19.7 Å². The number of aryl methyl sites for hydroxylation is 2. The molecule has 100 valence electrons. The first-order valence-corrected chi connectivity index (χ1v) is 6.99. The molecule has 0 heterocycles. The molecule has 0 N–H and O–H groups in total. The molecule has 0 aliphatic heterocycles. The van der Waals surface area contributed by atoms with Gasteiger partial charge in [-0.3, -0.25) is 0 Å². The molecule has 0 fully saturated rings. The Morgan fingerprint density at radius 3 is 2.42 bits per heavy atom. The van der Waals surface area contributed by atoms with Gasteiger partial charge in [0.2, 0.25) is 0 Å². The van der Waals surface area contributed by atoms with Crippen LogP contribution in [0.2, 0.25) is 0 Å². The van der Waals surface area contributed by atoms with E-state index in [2.05, 4.69) is 22.0 Å². The number of ether oxygens (including phenoxy) is 1. The zero-order valence-electron chi connectivity index (χ0n) is 11.2. The fourth-order valence-corrected chi connectivity index (χ4v) is 2.90. The fourth-order valence-electron chi connectivity index (χ4n) is 2.12. The smallest absolute Gasteiger partial charge is 0.123 e. The summed E-state index contributed by atoms with van der Waals surface area (Å²) in [5.41, 5.74) is 4.17. The van der Waals surface area contributed by atoms with Crippen LogP contribution < -0.4 is 4.74 Å². The van der Waals surface area contributed by atoms with Crippen molar-refractivity contribution in [1.82, 2.24) is 0 Å². The Kier molecular flexibility index (Phi) is 4.25. The van der Waals surface area contributed by atoms with E-state index in [9.17, 15) is 4.39 Å². The van der Waals surface area contributed by atoms with Crippen molar-refractivity contribution >= 4 is 15.9 Å². The third-order valence-electron chi connectivity index (χ3n) is 3.23. The molecule has 3 heteroatoms. The normalized spacial score (nSPS) is 12.3. The number of rotatable bonds is 3. The monoisotopic (exact) mass is 322 g/mol. The lowest BCUT2D eigenvalue weighted by atomic mass is 9.99. The van der Waals surface area contributed by atoms with Crippen molar-refractivity contribution in [2.45, 2.75) is 18.7 Å². The van der Waals surface area contributed by atoms with E-state index < -0.39 is 0 Å². The van der Waals surface area contributed by atoms with E-state index in [-0.39, 0.29) is 10.6 Å². The SMILES string of the molecule is COc1ccc(C(Br)c2cc(F)ccc2C)cc1C. The van der Waals surface area contributed by atoms with Crippen LogP contribution in [-0.2, 0) is 0 Å². The summed E-state index contributed by atoms with van der Waals surface area (Å²) < 4.78 is 18.6. The third kappa shape index (κ3) is 2.98. The van der Waals surface area contributed by atoms with Crippen LogP contribution >= 0.6 is 15.9 Å². The van der Waals surface area contributed by atoms with E-state index in [1.54, 1.807) is 19.2 Å². The van der Waals surface area contributed by atoms with Gasteiger partial charge in [-0.15, -0.1) is 0 Å². The second kappa shape index (κ2) is 5.74. The van der Waals surface area contributed by atoms with Gasteiger partial charge in [-0.25, -0.2) is 4.39 Å². The fraction of sp³-hybridized carbons (Fsp3) is 0.250. The minimum Gasteiger partial charge on any atom is -0.496 e. The van der Waals surface area contributed by atoms with Gasteiger partial charge in [0, 0.05) is 0 Å². The van der Waals surface area contributed by atoms with Gasteiger partial charge in [0.15, 0.2) is 0 Å². The average Bonchev–Trinajstić information content (AvgIpc) is 2.40. The highest BCUT2D eigenvalue weighted by molar-refractivity contribution is 9.09. The topological polar surface area (TPSA) is 9.23 Å². The Morgan fingerprint density at radius 2 is 1.79 bits per heavy atom. The quantitative estimate of drug-likeness (QED) is 0.727. The van der Waals surface area contributed by atoms with Crippen LogP contribution in [0.15, 0.2) is 36.4 Å². The summed E-state index contributed by atoms with van der Waals surface area (Å²) >= 11 is 3.65. The molecule has 0 aromatic heterocycles. The average molecular weight is 323 g/mol. The number of methoxy groups -OCH3 is 1. The largest absolute Gasteiger partial charge is 0.496 e. The van der Waals surface area contributed by atoms with Crippen LogP contribution in [0.4, 0.5) is 4.39 Å². The van der Waals surface area contributed by atoms with Crippen molar-refractivity contribution in [3.63, 3.8) is 0 Å². The molecule has 2 aromatic carbocycles. The van der Waals surface area contributed by atoms with Crippen LogP contribution in [0.3, 0.4) is 0 Å². The molecule has 1 unspecified atom stereocenters. The van der Waals surface area contributed by atoms with Gasteiger partial charge in [-0.1, -0.05) is 34.1 Å². The van der Waals surface area contributed by atoms with E-state index in [1.165, 1.54) is 6.07 Å². The van der Waals surface area contributed by atoms with E-state index in [0.717, 1.165) is 28.0 Å². The Bertz CT molecular complexity index is 595. The van der Waals surface area contributed by atoms with Gasteiger partial charge in [-0.05, 0) is 54.3 Å². The van der Waals surface area contributed by atoms with Crippen molar-refractivity contribution in [2.24, 2.45) is 0 Å². The van der Waals surface area contributed by atoms with Crippen molar-refractivity contribution in [3.8, 4) is 5.75 Å². The molecule has 0 aliphatic rings. The first kappa shape index (κ1) is 14.1. The van der Waals surface area contributed by atoms with Gasteiger partial charge < -0.3 is 4.74 Å². The predicted octanol–water partition coefficient (Wildman–Crippen LogP) is 4.94. The van der Waals surface area contributed by atoms with Crippen LogP contribution in [0.25, 0.3) is 0 Å². The Hall–Kier alpha value is -1.35. The molecule has 0 saturated heterocycles. The zero-order valence-corrected chi connectivity index (χ0v) is 12.8. The van der Waals surface area contributed by atoms with E-state index in [0.29, 0.717) is 0 Å². The van der Waals surface area contributed by atoms with E-state index in [4.69, 9.17) is 4.74 Å². The number of benzene rings is 2. The molecular weight excluding hydrogens is 307 g/mol. The second-order valence-corrected chi connectivity index (χ2v) is 5.51. The maximum absolute atomic E-state index is 13.4. The molecule has 19 heavy (non-hydrogen) atoms. The summed E-state index contributed by atoms with van der Waals surface area (Å²) in [5.74, 6) is 0.648. The molecule has 0 bridgehead atoms. The predicted molar refractivity (Wildman–Crippen MR) is 79.6 cm³/mol. The molecule has 0 spiro atoms. The van der Waals surface area contributed by atoms with E-state index >= 15 is 0 Å². The Labute approximate surface area is 121 Å². The molecule has 1 atom stereocenters. The lowest BCUT2D eigenvalue weighted by Crippen LogP contribution is -1.98. The molecule has 0 radical (unpaired) electrons. The zero-order chi connectivity index (χ0) is 14.0. The summed E-state index contributed by atoms with van der Waals surface area (Å²) in [5, 5.41) is 0. The van der Waals surface area contributed by atoms with Crippen LogP contribution in [-0.4, -0.2) is 7.11 Å². The van der Waals surface area contributed by atoms with Crippen LogP contribution in [0.5, 0.6) is 5.75 Å². The van der Waals surface area contributed by atoms with Gasteiger partial charge in [-0.2, -0.15) is 0 Å². The standard InChI is InChI=1S/C16H16BrFO/c1-10-4-6-13(18)9-14(10)16(17)12-5-7-15(19-3)11(2)8-12/h4-9,16H,1-3H3. The number of halogens is 2. The highest BCUT2D eigenvalue weighted by Gasteiger charge is 2.14. The number of hydrogen-bond donors (Lipinski definition) is 0. The highest BCUT2D eigenvalue weighted by Crippen LogP contribution is 2.35.